The molecule has 0 unspecified atom stereocenters. The molecule has 1 aromatic carbocycles. The third-order valence-corrected chi connectivity index (χ3v) is 6.50. The first-order chi connectivity index (χ1) is 11.2. The Labute approximate surface area is 153 Å². The van der Waals surface area contributed by atoms with Gasteiger partial charge in [-0.2, -0.15) is 0 Å². The minimum Gasteiger partial charge on any atom is -0.456 e. The zero-order valence-electron chi connectivity index (χ0n) is 15.0. The molecule has 0 radical (unpaired) electrons. The molecule has 3 rings (SSSR count). The van der Waals surface area contributed by atoms with E-state index < -0.39 is 5.60 Å². The van der Waals surface area contributed by atoms with E-state index >= 15 is 0 Å². The van der Waals surface area contributed by atoms with Crippen LogP contribution in [0.15, 0.2) is 28.7 Å². The molecule has 4 atom stereocenters. The summed E-state index contributed by atoms with van der Waals surface area (Å²) in [5, 5.41) is 0. The molecule has 0 aromatic heterocycles. The molecule has 0 spiro atoms. The van der Waals surface area contributed by atoms with E-state index in [-0.39, 0.29) is 23.6 Å². The molecular weight excluding hydrogens is 368 g/mol. The molecule has 2 aliphatic rings. The summed E-state index contributed by atoms with van der Waals surface area (Å²) in [5.74, 6) is 0.159. The molecule has 0 bridgehead atoms. The average Bonchev–Trinajstić information content (AvgIpc) is 2.50. The van der Waals surface area contributed by atoms with Crippen LogP contribution in [0, 0.1) is 11.3 Å². The van der Waals surface area contributed by atoms with Gasteiger partial charge in [0.05, 0.1) is 11.7 Å². The second-order valence-corrected chi connectivity index (χ2v) is 9.09. The predicted molar refractivity (Wildman–Crippen MR) is 98.0 cm³/mol. The second-order valence-electron chi connectivity index (χ2n) is 8.17. The number of hydrogen-bond donors (Lipinski definition) is 0. The van der Waals surface area contributed by atoms with Crippen LogP contribution in [0.1, 0.15) is 63.7 Å². The molecule has 3 nitrogen and oxygen atoms in total. The van der Waals surface area contributed by atoms with Crippen molar-refractivity contribution >= 4 is 21.9 Å². The Kier molecular flexibility index (Phi) is 4.82. The number of ether oxygens (including phenoxy) is 2. The molecule has 0 amide bonds. The Bertz CT molecular complexity index is 610. The molecule has 1 aliphatic heterocycles. The van der Waals surface area contributed by atoms with Crippen molar-refractivity contribution in [3.63, 3.8) is 0 Å². The predicted octanol–water partition coefficient (Wildman–Crippen LogP) is 5.37. The van der Waals surface area contributed by atoms with Crippen LogP contribution >= 0.6 is 15.9 Å². The fraction of sp³-hybridized carbons (Fsp3) is 0.650. The van der Waals surface area contributed by atoms with E-state index in [1.54, 1.807) is 12.1 Å². The summed E-state index contributed by atoms with van der Waals surface area (Å²) in [6.45, 7) is 8.91. The summed E-state index contributed by atoms with van der Waals surface area (Å²) in [6, 6.07) is 7.32. The average molecular weight is 395 g/mol. The Balaban J connectivity index is 1.81. The van der Waals surface area contributed by atoms with Crippen molar-refractivity contribution < 1.29 is 14.3 Å². The van der Waals surface area contributed by atoms with Gasteiger partial charge in [0, 0.05) is 4.47 Å². The quantitative estimate of drug-likeness (QED) is 0.632. The largest absolute Gasteiger partial charge is 0.456 e. The number of rotatable bonds is 2. The van der Waals surface area contributed by atoms with Crippen molar-refractivity contribution in [3.8, 4) is 0 Å². The lowest BCUT2D eigenvalue weighted by Crippen LogP contribution is -2.61. The molecular formula is C20H27BrO3. The van der Waals surface area contributed by atoms with Crippen LogP contribution in [-0.2, 0) is 9.47 Å². The molecule has 1 saturated carbocycles. The first-order valence-electron chi connectivity index (χ1n) is 8.87. The van der Waals surface area contributed by atoms with E-state index in [1.165, 1.54) is 0 Å². The number of fused-ring (bicyclic) bond motifs is 1. The summed E-state index contributed by atoms with van der Waals surface area (Å²) in [4.78, 5) is 12.6. The van der Waals surface area contributed by atoms with Gasteiger partial charge in [-0.15, -0.1) is 0 Å². The topological polar surface area (TPSA) is 35.5 Å². The molecule has 2 fully saturated rings. The van der Waals surface area contributed by atoms with Gasteiger partial charge in [-0.05, 0) is 75.1 Å². The number of halogens is 1. The van der Waals surface area contributed by atoms with Crippen molar-refractivity contribution in [2.75, 3.05) is 0 Å². The molecule has 24 heavy (non-hydrogen) atoms. The Morgan fingerprint density at radius 3 is 2.50 bits per heavy atom. The maximum Gasteiger partial charge on any atom is 0.338 e. The van der Waals surface area contributed by atoms with E-state index in [1.807, 2.05) is 12.1 Å². The highest BCUT2D eigenvalue weighted by molar-refractivity contribution is 9.10. The van der Waals surface area contributed by atoms with E-state index in [4.69, 9.17) is 9.47 Å². The lowest BCUT2D eigenvalue weighted by atomic mass is 9.58. The van der Waals surface area contributed by atoms with Crippen LogP contribution < -0.4 is 0 Å². The molecule has 132 valence electrons. The van der Waals surface area contributed by atoms with Gasteiger partial charge in [0.15, 0.2) is 0 Å². The number of hydrogen-bond acceptors (Lipinski definition) is 3. The van der Waals surface area contributed by atoms with Crippen molar-refractivity contribution in [1.82, 2.24) is 0 Å². The first-order valence-corrected chi connectivity index (χ1v) is 9.66. The van der Waals surface area contributed by atoms with Crippen molar-refractivity contribution in [2.45, 2.75) is 71.2 Å². The minimum absolute atomic E-state index is 0.186. The first kappa shape index (κ1) is 17.9. The lowest BCUT2D eigenvalue weighted by Gasteiger charge is -2.57. The van der Waals surface area contributed by atoms with E-state index in [9.17, 15) is 4.79 Å². The third kappa shape index (κ3) is 3.28. The zero-order chi connectivity index (χ0) is 17.5. The molecule has 0 N–H and O–H groups in total. The normalized spacial score (nSPS) is 35.1. The van der Waals surface area contributed by atoms with Crippen LogP contribution in [-0.4, -0.2) is 23.8 Å². The van der Waals surface area contributed by atoms with Gasteiger partial charge in [0.2, 0.25) is 0 Å². The van der Waals surface area contributed by atoms with Crippen molar-refractivity contribution in [2.24, 2.45) is 11.3 Å². The summed E-state index contributed by atoms with van der Waals surface area (Å²) < 4.78 is 13.3. The summed E-state index contributed by atoms with van der Waals surface area (Å²) in [6.07, 6.45) is 4.16. The number of carbonyl (C=O) groups excluding carboxylic acids is 1. The highest BCUT2D eigenvalue weighted by atomic mass is 79.9. The number of benzene rings is 1. The lowest BCUT2D eigenvalue weighted by molar-refractivity contribution is -0.239. The molecule has 1 aliphatic carbocycles. The third-order valence-electron chi connectivity index (χ3n) is 5.97. The van der Waals surface area contributed by atoms with Crippen molar-refractivity contribution in [1.29, 1.82) is 0 Å². The van der Waals surface area contributed by atoms with Gasteiger partial charge in [0.1, 0.15) is 11.7 Å². The summed E-state index contributed by atoms with van der Waals surface area (Å²) >= 11 is 3.39. The number of carbonyl (C=O) groups is 1. The maximum absolute atomic E-state index is 12.6. The SMILES string of the molecule is C[C@H]1CC[C@@H]2C(C)(C)CC[C@@H](OC(=O)c3ccc(Br)cc3)[C@]2(C)O1. The highest BCUT2D eigenvalue weighted by Gasteiger charge is 2.56. The molecule has 4 heteroatoms. The molecule has 1 aromatic rings. The van der Waals surface area contributed by atoms with E-state index in [2.05, 4.69) is 43.6 Å². The monoisotopic (exact) mass is 394 g/mol. The number of esters is 1. The van der Waals surface area contributed by atoms with Gasteiger partial charge in [-0.25, -0.2) is 4.79 Å². The van der Waals surface area contributed by atoms with E-state index in [0.717, 1.165) is 30.2 Å². The Hall–Kier alpha value is -0.870. The molecule has 1 heterocycles. The Morgan fingerprint density at radius 2 is 1.83 bits per heavy atom. The summed E-state index contributed by atoms with van der Waals surface area (Å²) in [5.41, 5.74) is 0.409. The van der Waals surface area contributed by atoms with Gasteiger partial charge in [-0.3, -0.25) is 0 Å². The smallest absolute Gasteiger partial charge is 0.338 e. The highest BCUT2D eigenvalue weighted by Crippen LogP contribution is 2.53. The van der Waals surface area contributed by atoms with Crippen LogP contribution in [0.5, 0.6) is 0 Å². The fourth-order valence-corrected chi connectivity index (χ4v) is 4.92. The van der Waals surface area contributed by atoms with Gasteiger partial charge in [0.25, 0.3) is 0 Å². The van der Waals surface area contributed by atoms with Crippen LogP contribution in [0.25, 0.3) is 0 Å². The second kappa shape index (κ2) is 6.45. The minimum atomic E-state index is -0.398. The van der Waals surface area contributed by atoms with E-state index in [0.29, 0.717) is 11.5 Å². The molecule has 1 saturated heterocycles. The zero-order valence-corrected chi connectivity index (χ0v) is 16.6. The maximum atomic E-state index is 12.6. The van der Waals surface area contributed by atoms with Crippen LogP contribution in [0.3, 0.4) is 0 Å². The van der Waals surface area contributed by atoms with Gasteiger partial charge >= 0.3 is 5.97 Å². The van der Waals surface area contributed by atoms with Gasteiger partial charge < -0.3 is 9.47 Å². The fourth-order valence-electron chi connectivity index (χ4n) is 4.65. The standard InChI is InChI=1S/C20H27BrO3/c1-13-5-10-16-19(2,3)12-11-17(20(16,4)24-13)23-18(22)14-6-8-15(21)9-7-14/h6-9,13,16-17H,5,10-12H2,1-4H3/t13-,16+,17+,20+/m0/s1. The Morgan fingerprint density at radius 1 is 1.17 bits per heavy atom. The summed E-state index contributed by atoms with van der Waals surface area (Å²) in [7, 11) is 0. The van der Waals surface area contributed by atoms with Crippen LogP contribution in [0.4, 0.5) is 0 Å². The van der Waals surface area contributed by atoms with Crippen molar-refractivity contribution in [3.05, 3.63) is 34.3 Å². The van der Waals surface area contributed by atoms with Crippen LogP contribution in [0.2, 0.25) is 0 Å². The van der Waals surface area contributed by atoms with Gasteiger partial charge in [-0.1, -0.05) is 29.8 Å².